The molecule has 0 N–H and O–H groups in total. The summed E-state index contributed by atoms with van der Waals surface area (Å²) in [6, 6.07) is 0. The van der Waals surface area contributed by atoms with E-state index in [1.54, 1.807) is 0 Å². The Labute approximate surface area is 92.7 Å². The van der Waals surface area contributed by atoms with Crippen molar-refractivity contribution in [2.45, 2.75) is 63.9 Å². The first-order valence-electron chi connectivity index (χ1n) is 5.94. The van der Waals surface area contributed by atoms with Crippen LogP contribution in [0.3, 0.4) is 0 Å². The smallest absolute Gasteiger partial charge is 0.104 e. The molecule has 0 aromatic rings. The van der Waals surface area contributed by atoms with E-state index in [9.17, 15) is 0 Å². The predicted octanol–water partition coefficient (Wildman–Crippen LogP) is 4.65. The zero-order valence-electron chi connectivity index (χ0n) is 9.97. The average Bonchev–Trinajstić information content (AvgIpc) is 2.01. The van der Waals surface area contributed by atoms with E-state index in [1.165, 1.54) is 36.2 Å². The Morgan fingerprint density at radius 2 is 1.23 bits per heavy atom. The van der Waals surface area contributed by atoms with E-state index in [1.807, 2.05) is 0 Å². The van der Waals surface area contributed by atoms with Gasteiger partial charge in [0.2, 0.25) is 0 Å². The zero-order valence-corrected chi connectivity index (χ0v) is 11.1. The molecule has 0 aromatic heterocycles. The summed E-state index contributed by atoms with van der Waals surface area (Å²) in [4.78, 5) is 0. The summed E-state index contributed by atoms with van der Waals surface area (Å²) in [5.74, 6) is 1.82. The molecule has 0 bridgehead atoms. The van der Waals surface area contributed by atoms with Gasteiger partial charge in [0.15, 0.2) is 15.2 Å². The van der Waals surface area contributed by atoms with E-state index in [4.69, 9.17) is 0 Å². The second kappa shape index (κ2) is 9.10. The Balaban J connectivity index is 0. The van der Waals surface area contributed by atoms with Crippen LogP contribution in [0.1, 0.15) is 54.8 Å². The molecule has 79 valence electrons. The minimum atomic E-state index is 0. The molecular weight excluding hydrogens is 171 g/mol. The first-order chi connectivity index (χ1) is 6.13. The molecule has 0 unspecified atom stereocenters. The van der Waals surface area contributed by atoms with E-state index >= 15 is 0 Å². The third-order valence-corrected chi connectivity index (χ3v) is 4.01. The van der Waals surface area contributed by atoms with Gasteiger partial charge in [0.1, 0.15) is 0 Å². The topological polar surface area (TPSA) is 0 Å². The Morgan fingerprint density at radius 1 is 0.846 bits per heavy atom. The molecule has 0 aliphatic carbocycles. The van der Waals surface area contributed by atoms with Crippen LogP contribution in [0.15, 0.2) is 0 Å². The van der Waals surface area contributed by atoms with Crippen LogP contribution in [0.5, 0.6) is 0 Å². The lowest BCUT2D eigenvalue weighted by atomic mass is 10.1. The first-order valence-corrected chi connectivity index (χ1v) is 7.58. The van der Waals surface area contributed by atoms with Crippen molar-refractivity contribution in [1.29, 1.82) is 0 Å². The van der Waals surface area contributed by atoms with Crippen LogP contribution in [0.25, 0.3) is 0 Å². The van der Waals surface area contributed by atoms with Crippen LogP contribution in [-0.4, -0.2) is 15.2 Å². The molecule has 0 aliphatic rings. The van der Waals surface area contributed by atoms with Crippen molar-refractivity contribution in [1.82, 2.24) is 0 Å². The maximum atomic E-state index is 2.33. The van der Waals surface area contributed by atoms with E-state index in [0.717, 1.165) is 27.1 Å². The fourth-order valence-corrected chi connectivity index (χ4v) is 2.82. The summed E-state index contributed by atoms with van der Waals surface area (Å²) in [6.07, 6.45) is 5.84. The zero-order chi connectivity index (χ0) is 10.1. The maximum Gasteiger partial charge on any atom is 0.199 e. The number of hydrogen-bond acceptors (Lipinski definition) is 0. The number of rotatable bonds is 8. The second-order valence-corrected chi connectivity index (χ2v) is 6.67. The van der Waals surface area contributed by atoms with Gasteiger partial charge in [0, 0.05) is 1.43 Å². The fourth-order valence-electron chi connectivity index (χ4n) is 1.49. The van der Waals surface area contributed by atoms with Crippen LogP contribution in [0, 0.1) is 11.8 Å². The van der Waals surface area contributed by atoms with Crippen molar-refractivity contribution in [3.63, 3.8) is 0 Å². The van der Waals surface area contributed by atoms with Gasteiger partial charge in [-0.05, 0) is 11.8 Å². The lowest BCUT2D eigenvalue weighted by Gasteiger charge is -2.04. The molecule has 1 radical (unpaired) electrons. The molecule has 0 rings (SSSR count). The molecule has 0 spiro atoms. The van der Waals surface area contributed by atoms with Crippen molar-refractivity contribution in [3.8, 4) is 0 Å². The summed E-state index contributed by atoms with van der Waals surface area (Å²) in [5.41, 5.74) is 0. The number of hydrogen-bond donors (Lipinski definition) is 0. The summed E-state index contributed by atoms with van der Waals surface area (Å²) in [7, 11) is 0. The van der Waals surface area contributed by atoms with Crippen LogP contribution in [0.4, 0.5) is 0 Å². The molecule has 0 saturated heterocycles. The van der Waals surface area contributed by atoms with Crippen molar-refractivity contribution in [3.05, 3.63) is 0 Å². The highest BCUT2D eigenvalue weighted by Gasteiger charge is 1.97. The third-order valence-electron chi connectivity index (χ3n) is 2.38. The Hall–Kier alpha value is 0.532. The summed E-state index contributed by atoms with van der Waals surface area (Å²) in [6.45, 7) is 9.31. The Kier molecular flexibility index (Phi) is 9.47. The minimum Gasteiger partial charge on any atom is -0.104 e. The highest BCUT2D eigenvalue weighted by atomic mass is 27.1. The molecule has 1 heteroatoms. The van der Waals surface area contributed by atoms with Gasteiger partial charge in [-0.3, -0.25) is 0 Å². The van der Waals surface area contributed by atoms with Gasteiger partial charge in [0.05, 0.1) is 0 Å². The van der Waals surface area contributed by atoms with Gasteiger partial charge in [0.25, 0.3) is 0 Å². The molecule has 0 fully saturated rings. The normalized spacial score (nSPS) is 11.2. The van der Waals surface area contributed by atoms with Crippen molar-refractivity contribution in [2.75, 3.05) is 0 Å². The average molecular weight is 199 g/mol. The molecule has 0 aliphatic heterocycles. The van der Waals surface area contributed by atoms with Crippen LogP contribution >= 0.6 is 0 Å². The molecular formula is C12H28Al. The van der Waals surface area contributed by atoms with E-state index in [0.29, 0.717) is 0 Å². The minimum absolute atomic E-state index is 0. The predicted molar refractivity (Wildman–Crippen MR) is 65.6 cm³/mol. The quantitative estimate of drug-likeness (QED) is 0.394. The Bertz CT molecular complexity index is 90.5. The van der Waals surface area contributed by atoms with Crippen molar-refractivity contribution < 1.29 is 1.43 Å². The second-order valence-electron chi connectivity index (χ2n) is 4.94. The molecule has 0 heterocycles. The molecule has 0 aromatic carbocycles. The van der Waals surface area contributed by atoms with E-state index in [2.05, 4.69) is 27.7 Å². The highest BCUT2D eigenvalue weighted by molar-refractivity contribution is 6.35. The summed E-state index contributed by atoms with van der Waals surface area (Å²) in [5, 5.41) is 3.08. The summed E-state index contributed by atoms with van der Waals surface area (Å²) < 4.78 is 0. The Morgan fingerprint density at radius 3 is 1.54 bits per heavy atom. The van der Waals surface area contributed by atoms with Gasteiger partial charge in [-0.2, -0.15) is 0 Å². The standard InChI is InChI=1S/2C6H13.Al.H2/c2*1-4-5-6(2)3;;/h2*6H,1,4-5H2,2-3H3;;1H. The van der Waals surface area contributed by atoms with Gasteiger partial charge < -0.3 is 0 Å². The lowest BCUT2D eigenvalue weighted by Crippen LogP contribution is -1.94. The van der Waals surface area contributed by atoms with Gasteiger partial charge in [-0.25, -0.2) is 0 Å². The fraction of sp³-hybridized carbons (Fsp3) is 1.00. The first kappa shape index (κ1) is 13.5. The molecule has 0 atom stereocenters. The van der Waals surface area contributed by atoms with Crippen LogP contribution in [0.2, 0.25) is 10.6 Å². The van der Waals surface area contributed by atoms with Gasteiger partial charge in [-0.15, -0.1) is 10.6 Å². The third kappa shape index (κ3) is 12.5. The molecule has 13 heavy (non-hydrogen) atoms. The molecule has 0 saturated carbocycles. The lowest BCUT2D eigenvalue weighted by molar-refractivity contribution is 0.568. The monoisotopic (exact) mass is 199 g/mol. The SMILES string of the molecule is CC(C)CC[CH2][Al][CH2]CCC(C)C.[HH]. The van der Waals surface area contributed by atoms with Crippen molar-refractivity contribution >= 4 is 15.2 Å². The van der Waals surface area contributed by atoms with E-state index < -0.39 is 0 Å². The largest absolute Gasteiger partial charge is 0.199 e. The van der Waals surface area contributed by atoms with E-state index in [-0.39, 0.29) is 1.43 Å². The van der Waals surface area contributed by atoms with Gasteiger partial charge in [-0.1, -0.05) is 53.4 Å². The van der Waals surface area contributed by atoms with Gasteiger partial charge >= 0.3 is 0 Å². The maximum absolute atomic E-state index is 2.33. The van der Waals surface area contributed by atoms with Crippen molar-refractivity contribution in [2.24, 2.45) is 11.8 Å². The van der Waals surface area contributed by atoms with Crippen LogP contribution in [-0.2, 0) is 0 Å². The highest BCUT2D eigenvalue weighted by Crippen LogP contribution is 2.10. The molecule has 0 amide bonds. The van der Waals surface area contributed by atoms with Crippen LogP contribution < -0.4 is 0 Å². The summed E-state index contributed by atoms with van der Waals surface area (Å²) >= 11 is 0.778. The molecule has 0 nitrogen and oxygen atoms in total.